The molecule has 0 saturated heterocycles. The second kappa shape index (κ2) is 6.17. The predicted molar refractivity (Wildman–Crippen MR) is 92.7 cm³/mol. The maximum Gasteiger partial charge on any atom is 0.124 e. The number of aliphatic hydroxyl groups excluding tert-OH is 1. The van der Waals surface area contributed by atoms with Gasteiger partial charge in [0.15, 0.2) is 0 Å². The van der Waals surface area contributed by atoms with Gasteiger partial charge in [0.05, 0.1) is 5.02 Å². The van der Waals surface area contributed by atoms with Crippen LogP contribution < -0.4 is 0 Å². The van der Waals surface area contributed by atoms with Crippen molar-refractivity contribution < 1.29 is 9.50 Å². The molecule has 118 valence electrons. The smallest absolute Gasteiger partial charge is 0.124 e. The zero-order chi connectivity index (χ0) is 16.6. The van der Waals surface area contributed by atoms with Gasteiger partial charge in [0.25, 0.3) is 0 Å². The molecular weight excluding hydrogens is 313 g/mol. The monoisotopic (exact) mass is 329 g/mol. The molecule has 1 aromatic carbocycles. The van der Waals surface area contributed by atoms with Crippen molar-refractivity contribution in [3.05, 3.63) is 70.3 Å². The van der Waals surface area contributed by atoms with Gasteiger partial charge in [-0.2, -0.15) is 0 Å². The molecule has 0 fully saturated rings. The molecule has 0 aliphatic heterocycles. The van der Waals surface area contributed by atoms with Gasteiger partial charge in [-0.25, -0.2) is 4.39 Å². The first kappa shape index (κ1) is 15.8. The Morgan fingerprint density at radius 1 is 1.22 bits per heavy atom. The average Bonchev–Trinajstić information content (AvgIpc) is 2.98. The predicted octanol–water partition coefficient (Wildman–Crippen LogP) is 5.81. The fraction of sp³-hybridized carbons (Fsp3) is 0.211. The van der Waals surface area contributed by atoms with Crippen LogP contribution in [0.15, 0.2) is 37.0 Å². The van der Waals surface area contributed by atoms with Crippen molar-refractivity contribution >= 4 is 28.5 Å². The van der Waals surface area contributed by atoms with Crippen molar-refractivity contribution in [3.8, 4) is 0 Å². The number of rotatable bonds is 3. The number of halogens is 2. The quantitative estimate of drug-likeness (QED) is 0.721. The van der Waals surface area contributed by atoms with Crippen molar-refractivity contribution in [1.82, 2.24) is 4.98 Å². The first-order valence-electron chi connectivity index (χ1n) is 7.49. The highest BCUT2D eigenvalue weighted by molar-refractivity contribution is 6.30. The molecule has 23 heavy (non-hydrogen) atoms. The molecule has 0 atom stereocenters. The normalized spacial score (nSPS) is 14.4. The summed E-state index contributed by atoms with van der Waals surface area (Å²) in [5.74, 6) is -0.515. The number of aromatic nitrogens is 1. The number of aryl methyl sites for hydroxylation is 1. The van der Waals surface area contributed by atoms with Crippen LogP contribution in [0.2, 0.25) is 5.02 Å². The molecule has 3 rings (SSSR count). The molecule has 1 aliphatic carbocycles. The van der Waals surface area contributed by atoms with Crippen molar-refractivity contribution in [2.24, 2.45) is 0 Å². The maximum atomic E-state index is 13.9. The van der Waals surface area contributed by atoms with Crippen molar-refractivity contribution in [2.75, 3.05) is 0 Å². The minimum Gasteiger partial charge on any atom is -0.508 e. The van der Waals surface area contributed by atoms with E-state index in [1.807, 2.05) is 13.0 Å². The number of benzene rings is 1. The van der Waals surface area contributed by atoms with E-state index >= 15 is 0 Å². The Morgan fingerprint density at radius 2 is 1.96 bits per heavy atom. The van der Waals surface area contributed by atoms with Gasteiger partial charge in [0, 0.05) is 23.0 Å². The van der Waals surface area contributed by atoms with Gasteiger partial charge in [-0.15, -0.1) is 0 Å². The third-order valence-corrected chi connectivity index (χ3v) is 4.38. The first-order valence-corrected chi connectivity index (χ1v) is 7.87. The Kier molecular flexibility index (Phi) is 4.22. The number of hydrogen-bond acceptors (Lipinski definition) is 2. The van der Waals surface area contributed by atoms with Gasteiger partial charge in [0.1, 0.15) is 11.6 Å². The summed E-state index contributed by atoms with van der Waals surface area (Å²) in [5, 5.41) is 10.2. The van der Waals surface area contributed by atoms with E-state index in [4.69, 9.17) is 11.6 Å². The molecule has 2 nitrogen and oxygen atoms in total. The van der Waals surface area contributed by atoms with E-state index in [1.54, 1.807) is 12.3 Å². The van der Waals surface area contributed by atoms with E-state index in [-0.39, 0.29) is 11.6 Å². The number of hydrogen-bond donors (Lipinski definition) is 1. The maximum absolute atomic E-state index is 13.9. The van der Waals surface area contributed by atoms with Crippen LogP contribution in [0.3, 0.4) is 0 Å². The molecular formula is C19H17ClFNO. The zero-order valence-corrected chi connectivity index (χ0v) is 13.6. The molecule has 1 N–H and O–H groups in total. The Balaban J connectivity index is 2.17. The van der Waals surface area contributed by atoms with E-state index in [2.05, 4.69) is 11.6 Å². The van der Waals surface area contributed by atoms with Crippen LogP contribution in [0.4, 0.5) is 4.39 Å². The minimum absolute atomic E-state index is 0.133. The fourth-order valence-corrected chi connectivity index (χ4v) is 3.26. The van der Waals surface area contributed by atoms with Crippen LogP contribution in [0.5, 0.6) is 0 Å². The van der Waals surface area contributed by atoms with Crippen molar-refractivity contribution in [2.45, 2.75) is 26.2 Å². The van der Waals surface area contributed by atoms with Crippen LogP contribution in [0.25, 0.3) is 16.9 Å². The van der Waals surface area contributed by atoms with E-state index in [0.29, 0.717) is 10.6 Å². The second-order valence-corrected chi connectivity index (χ2v) is 6.21. The number of pyridine rings is 1. The van der Waals surface area contributed by atoms with Crippen molar-refractivity contribution in [1.29, 1.82) is 0 Å². The summed E-state index contributed by atoms with van der Waals surface area (Å²) >= 11 is 6.09. The second-order valence-electron chi connectivity index (χ2n) is 5.77. The third kappa shape index (κ3) is 3.15. The molecule has 2 aromatic rings. The van der Waals surface area contributed by atoms with Gasteiger partial charge in [-0.1, -0.05) is 18.2 Å². The third-order valence-electron chi connectivity index (χ3n) is 4.18. The lowest BCUT2D eigenvalue weighted by Crippen LogP contribution is -1.94. The van der Waals surface area contributed by atoms with Gasteiger partial charge < -0.3 is 5.11 Å². The van der Waals surface area contributed by atoms with E-state index in [1.165, 1.54) is 12.1 Å². The largest absolute Gasteiger partial charge is 0.508 e. The molecule has 1 aliphatic rings. The summed E-state index contributed by atoms with van der Waals surface area (Å²) in [4.78, 5) is 4.32. The Hall–Kier alpha value is -2.13. The van der Waals surface area contributed by atoms with E-state index < -0.39 is 0 Å². The zero-order valence-electron chi connectivity index (χ0n) is 12.9. The highest BCUT2D eigenvalue weighted by Crippen LogP contribution is 2.41. The van der Waals surface area contributed by atoms with E-state index in [0.717, 1.165) is 47.2 Å². The number of aliphatic hydroxyl groups is 1. The number of allylic oxidation sites excluding steroid dienone is 2. The standard InChI is InChI=1S/C19H17ClFNO/c1-11-19(9-15(20)10-22-11)18-5-3-4-17(18)14-6-13(12(2)23)7-16(21)8-14/h6-10,23H,2-5H2,1H3. The lowest BCUT2D eigenvalue weighted by atomic mass is 9.95. The van der Waals surface area contributed by atoms with E-state index in [9.17, 15) is 9.50 Å². The molecule has 0 saturated carbocycles. The Morgan fingerprint density at radius 3 is 2.70 bits per heavy atom. The summed E-state index contributed by atoms with van der Waals surface area (Å²) in [6.07, 6.45) is 4.40. The lowest BCUT2D eigenvalue weighted by Gasteiger charge is -2.12. The molecule has 0 unspecified atom stereocenters. The molecule has 0 radical (unpaired) electrons. The lowest BCUT2D eigenvalue weighted by molar-refractivity contribution is 0.512. The SMILES string of the molecule is C=C(O)c1cc(F)cc(C2=C(c3cc(Cl)cnc3C)CCC2)c1. The summed E-state index contributed by atoms with van der Waals surface area (Å²) < 4.78 is 13.9. The average molecular weight is 330 g/mol. The number of nitrogens with zero attached hydrogens (tertiary/aromatic N) is 1. The highest BCUT2D eigenvalue weighted by atomic mass is 35.5. The van der Waals surface area contributed by atoms with Crippen LogP contribution in [-0.2, 0) is 0 Å². The summed E-state index contributed by atoms with van der Waals surface area (Å²) in [6.45, 7) is 5.43. The molecule has 4 heteroatoms. The Labute approximate surface area is 140 Å². The molecule has 0 bridgehead atoms. The molecule has 1 aromatic heterocycles. The Bertz CT molecular complexity index is 826. The minimum atomic E-state index is -0.382. The van der Waals surface area contributed by atoms with Gasteiger partial charge >= 0.3 is 0 Å². The van der Waals surface area contributed by atoms with Gasteiger partial charge in [-0.05, 0) is 67.2 Å². The fourth-order valence-electron chi connectivity index (χ4n) is 3.10. The topological polar surface area (TPSA) is 33.1 Å². The van der Waals surface area contributed by atoms with Crippen LogP contribution in [0, 0.1) is 12.7 Å². The van der Waals surface area contributed by atoms with Crippen LogP contribution in [0.1, 0.15) is 41.6 Å². The van der Waals surface area contributed by atoms with Crippen molar-refractivity contribution in [3.63, 3.8) is 0 Å². The summed E-state index contributed by atoms with van der Waals surface area (Å²) in [6, 6.07) is 6.47. The van der Waals surface area contributed by atoms with Gasteiger partial charge in [0.2, 0.25) is 0 Å². The highest BCUT2D eigenvalue weighted by Gasteiger charge is 2.20. The summed E-state index contributed by atoms with van der Waals surface area (Å²) in [5.41, 5.74) is 5.34. The van der Waals surface area contributed by atoms with Gasteiger partial charge in [-0.3, -0.25) is 4.98 Å². The summed E-state index contributed by atoms with van der Waals surface area (Å²) in [7, 11) is 0. The van der Waals surface area contributed by atoms with Crippen LogP contribution >= 0.6 is 11.6 Å². The molecule has 0 spiro atoms. The van der Waals surface area contributed by atoms with Crippen LogP contribution in [-0.4, -0.2) is 10.1 Å². The molecule has 0 amide bonds. The molecule has 1 heterocycles. The first-order chi connectivity index (χ1) is 11.0.